The molecule has 0 atom stereocenters. The number of alkyl halides is 3. The number of piperidine rings is 1. The number of nitrogens with zero attached hydrogens (tertiary/aromatic N) is 3. The number of urea groups is 1. The van der Waals surface area contributed by atoms with Crippen LogP contribution in [0.15, 0.2) is 66.9 Å². The van der Waals surface area contributed by atoms with Gasteiger partial charge in [0.05, 0.1) is 16.9 Å². The summed E-state index contributed by atoms with van der Waals surface area (Å²) in [7, 11) is 0. The largest absolute Gasteiger partial charge is 0.416 e. The number of hydrogen-bond acceptors (Lipinski definition) is 8. The Bertz CT molecular complexity index is 1700. The summed E-state index contributed by atoms with van der Waals surface area (Å²) in [5.74, 6) is -1.07. The summed E-state index contributed by atoms with van der Waals surface area (Å²) in [6.07, 6.45) is 0.391. The minimum atomic E-state index is -4.73. The van der Waals surface area contributed by atoms with E-state index in [0.717, 1.165) is 43.7 Å². The van der Waals surface area contributed by atoms with Gasteiger partial charge in [0.1, 0.15) is 24.2 Å². The third kappa shape index (κ3) is 12.8. The molecule has 0 saturated carbocycles. The Morgan fingerprint density at radius 1 is 0.902 bits per heavy atom. The van der Waals surface area contributed by atoms with Crippen molar-refractivity contribution in [3.05, 3.63) is 89.6 Å². The van der Waals surface area contributed by atoms with Crippen LogP contribution in [0.5, 0.6) is 0 Å². The Hall–Kier alpha value is -5.44. The first-order valence-corrected chi connectivity index (χ1v) is 16.1. The van der Waals surface area contributed by atoms with Gasteiger partial charge >= 0.3 is 12.2 Å². The van der Waals surface area contributed by atoms with Gasteiger partial charge in [-0.1, -0.05) is 38.5 Å². The summed E-state index contributed by atoms with van der Waals surface area (Å²) >= 11 is 0. The van der Waals surface area contributed by atoms with Crippen LogP contribution < -0.4 is 21.3 Å². The third-order valence-electron chi connectivity index (χ3n) is 7.30. The lowest BCUT2D eigenvalue weighted by atomic mass is 10.1. The number of nitrogens with one attached hydrogen (secondary N) is 5. The fourth-order valence-electron chi connectivity index (χ4n) is 5.01. The van der Waals surface area contributed by atoms with E-state index in [-0.39, 0.29) is 5.69 Å². The van der Waals surface area contributed by atoms with Gasteiger partial charge in [-0.05, 0) is 93.2 Å². The number of benzene rings is 3. The number of carbonyl (C=O) groups excluding carboxylic acids is 2. The summed E-state index contributed by atoms with van der Waals surface area (Å²) in [5, 5.41) is 16.3. The molecule has 4 aromatic rings. The van der Waals surface area contributed by atoms with Gasteiger partial charge in [0.15, 0.2) is 0 Å². The zero-order chi connectivity index (χ0) is 38.0. The molecule has 1 aliphatic rings. The van der Waals surface area contributed by atoms with E-state index < -0.39 is 35.1 Å². The predicted octanol–water partition coefficient (Wildman–Crippen LogP) is 9.14. The molecule has 0 bridgehead atoms. The number of rotatable bonds is 9. The molecule has 51 heavy (non-hydrogen) atoms. The molecule has 0 unspecified atom stereocenters. The second-order valence-electron chi connectivity index (χ2n) is 10.7. The van der Waals surface area contributed by atoms with Crippen molar-refractivity contribution in [3.63, 3.8) is 0 Å². The van der Waals surface area contributed by atoms with Gasteiger partial charge < -0.3 is 36.4 Å². The van der Waals surface area contributed by atoms with Crippen molar-refractivity contribution in [2.75, 3.05) is 47.4 Å². The van der Waals surface area contributed by atoms with Crippen molar-refractivity contribution < 1.29 is 31.5 Å². The molecular weight excluding hydrogens is 671 g/mol. The van der Waals surface area contributed by atoms with E-state index in [9.17, 15) is 22.4 Å². The van der Waals surface area contributed by atoms with Gasteiger partial charge in [0.25, 0.3) is 0 Å². The monoisotopic (exact) mass is 714 g/mol. The van der Waals surface area contributed by atoms with E-state index in [4.69, 9.17) is 10.2 Å². The molecule has 0 radical (unpaired) electrons. The van der Waals surface area contributed by atoms with Gasteiger partial charge in [-0.2, -0.15) is 18.2 Å². The van der Waals surface area contributed by atoms with Crippen LogP contribution in [0.3, 0.4) is 0 Å². The van der Waals surface area contributed by atoms with Crippen LogP contribution in [0.2, 0.25) is 0 Å². The molecule has 3 aromatic carbocycles. The molecule has 15 heteroatoms. The predicted molar refractivity (Wildman–Crippen MR) is 193 cm³/mol. The quantitative estimate of drug-likeness (QED) is 0.0862. The Balaban J connectivity index is 0.00000143. The van der Waals surface area contributed by atoms with Crippen LogP contribution in [0.25, 0.3) is 11.1 Å². The van der Waals surface area contributed by atoms with Crippen molar-refractivity contribution in [2.45, 2.75) is 46.2 Å². The molecule has 1 aliphatic heterocycles. The molecule has 2 amide bonds. The minimum Gasteiger partial charge on any atom is -0.368 e. The van der Waals surface area contributed by atoms with Crippen LogP contribution in [0.1, 0.15) is 44.2 Å². The second kappa shape index (κ2) is 20.9. The van der Waals surface area contributed by atoms with Gasteiger partial charge in [-0.15, -0.1) is 0 Å². The smallest absolute Gasteiger partial charge is 0.368 e. The van der Waals surface area contributed by atoms with Crippen LogP contribution >= 0.6 is 0 Å². The van der Waals surface area contributed by atoms with Crippen LogP contribution in [0, 0.1) is 24.0 Å². The van der Waals surface area contributed by atoms with E-state index in [1.165, 1.54) is 18.6 Å². The van der Waals surface area contributed by atoms with Crippen molar-refractivity contribution in [3.8, 4) is 11.1 Å². The fourth-order valence-corrected chi connectivity index (χ4v) is 5.01. The zero-order valence-electron chi connectivity index (χ0n) is 28.8. The Morgan fingerprint density at radius 2 is 1.59 bits per heavy atom. The van der Waals surface area contributed by atoms with Crippen LogP contribution in [0.4, 0.5) is 55.6 Å². The van der Waals surface area contributed by atoms with Crippen molar-refractivity contribution in [2.24, 2.45) is 0 Å². The first kappa shape index (κ1) is 41.7. The number of aryl methyl sites for hydroxylation is 1. The van der Waals surface area contributed by atoms with Gasteiger partial charge in [-0.25, -0.2) is 18.6 Å². The average Bonchev–Trinajstić information content (AvgIpc) is 3.13. The number of carbonyl (C=O) groups is 2. The topological polar surface area (TPSA) is 135 Å². The van der Waals surface area contributed by atoms with Gasteiger partial charge in [0, 0.05) is 30.5 Å². The molecule has 1 fully saturated rings. The lowest BCUT2D eigenvalue weighted by molar-refractivity contribution is -0.137. The minimum absolute atomic E-state index is 0.262. The standard InChI is InChI=1S/C32H32F5N7O.C2H6.CH3N.CH2O/c1-20-6-5-7-23(16-20)40-30-39-19-24(29(43-30)38-12-15-44-13-3-2-4-14-44)21-8-11-27(26(34)17-21)41-31(45)42-28-18-22(32(35,36)37)9-10-25(28)33;3*1-2/h5-11,16-19H,2-4,12-15H2,1H3,(H2,41,42,45)(H2,38,39,40,43);1-2H3;2H,1H2;1H2. The highest BCUT2D eigenvalue weighted by molar-refractivity contribution is 6.00. The summed E-state index contributed by atoms with van der Waals surface area (Å²) in [4.78, 5) is 31.9. The second-order valence-corrected chi connectivity index (χ2v) is 10.7. The van der Waals surface area contributed by atoms with E-state index >= 15 is 4.39 Å². The van der Waals surface area contributed by atoms with Gasteiger partial charge in [0.2, 0.25) is 5.95 Å². The van der Waals surface area contributed by atoms with E-state index in [0.29, 0.717) is 47.6 Å². The van der Waals surface area contributed by atoms with Crippen LogP contribution in [-0.4, -0.2) is 60.6 Å². The molecule has 1 saturated heterocycles. The average molecular weight is 715 g/mol. The summed E-state index contributed by atoms with van der Waals surface area (Å²) in [6.45, 7) is 14.0. The summed E-state index contributed by atoms with van der Waals surface area (Å²) in [6, 6.07) is 12.3. The van der Waals surface area contributed by atoms with E-state index in [2.05, 4.69) is 37.5 Å². The lowest BCUT2D eigenvalue weighted by Gasteiger charge is -2.26. The number of halogens is 5. The molecule has 5 N–H and O–H groups in total. The van der Waals surface area contributed by atoms with Gasteiger partial charge in [-0.3, -0.25) is 0 Å². The Kier molecular flexibility index (Phi) is 17.1. The lowest BCUT2D eigenvalue weighted by Crippen LogP contribution is -2.33. The Morgan fingerprint density at radius 3 is 2.24 bits per heavy atom. The number of likely N-dealkylation sites (tertiary alicyclic amines) is 1. The van der Waals surface area contributed by atoms with Crippen LogP contribution in [-0.2, 0) is 11.0 Å². The van der Waals surface area contributed by atoms with Crippen molar-refractivity contribution in [1.29, 1.82) is 5.41 Å². The molecule has 5 rings (SSSR count). The third-order valence-corrected chi connectivity index (χ3v) is 7.30. The Labute approximate surface area is 294 Å². The number of anilines is 5. The first-order valence-electron chi connectivity index (χ1n) is 16.1. The molecule has 1 aromatic heterocycles. The molecule has 2 heterocycles. The maximum atomic E-state index is 15.2. The molecule has 0 aliphatic carbocycles. The maximum absolute atomic E-state index is 15.2. The van der Waals surface area contributed by atoms with Crippen molar-refractivity contribution in [1.82, 2.24) is 14.9 Å². The summed E-state index contributed by atoms with van der Waals surface area (Å²) < 4.78 is 68.3. The molecule has 10 nitrogen and oxygen atoms in total. The molecular formula is C36H43F5N8O2. The SMILES string of the molecule is C=N.C=O.CC.Cc1cccc(Nc2ncc(-c3ccc(NC(=O)Nc4cc(C(F)(F)F)ccc4F)c(F)c3)c(NCCN3CCCCC3)n2)c1. The molecule has 0 spiro atoms. The fraction of sp³-hybridized carbons (Fsp3) is 0.306. The highest BCUT2D eigenvalue weighted by atomic mass is 19.4. The summed E-state index contributed by atoms with van der Waals surface area (Å²) in [5.41, 5.74) is 0.714. The zero-order valence-corrected chi connectivity index (χ0v) is 28.8. The van der Waals surface area contributed by atoms with E-state index in [1.807, 2.05) is 57.1 Å². The normalized spacial score (nSPS) is 12.4. The molecule has 274 valence electrons. The van der Waals surface area contributed by atoms with E-state index in [1.54, 1.807) is 12.3 Å². The van der Waals surface area contributed by atoms with Crippen molar-refractivity contribution >= 4 is 48.4 Å². The highest BCUT2D eigenvalue weighted by Gasteiger charge is 2.31. The first-order chi connectivity index (χ1) is 24.5. The highest BCUT2D eigenvalue weighted by Crippen LogP contribution is 2.33. The number of aromatic nitrogens is 2. The maximum Gasteiger partial charge on any atom is 0.416 e. The number of amides is 2. The number of hydrogen-bond donors (Lipinski definition) is 5.